The molecule has 116 valence electrons. The lowest BCUT2D eigenvalue weighted by Gasteiger charge is -2.07. The van der Waals surface area contributed by atoms with Gasteiger partial charge in [0, 0.05) is 30.2 Å². The molecular formula is C16H20N4O2. The third kappa shape index (κ3) is 2.56. The number of rotatable bonds is 4. The Kier molecular flexibility index (Phi) is 3.60. The van der Waals surface area contributed by atoms with Crippen molar-refractivity contribution < 1.29 is 9.59 Å². The summed E-state index contributed by atoms with van der Waals surface area (Å²) in [7, 11) is 1.59. The summed E-state index contributed by atoms with van der Waals surface area (Å²) in [6.45, 7) is 4.14. The summed E-state index contributed by atoms with van der Waals surface area (Å²) in [5.41, 5.74) is 2.22. The lowest BCUT2D eigenvalue weighted by Crippen LogP contribution is -2.19. The summed E-state index contributed by atoms with van der Waals surface area (Å²) in [4.78, 5) is 31.6. The van der Waals surface area contributed by atoms with Crippen LogP contribution in [0.3, 0.4) is 0 Å². The van der Waals surface area contributed by atoms with Crippen molar-refractivity contribution in [1.29, 1.82) is 0 Å². The van der Waals surface area contributed by atoms with Gasteiger partial charge in [0.1, 0.15) is 0 Å². The quantitative estimate of drug-likeness (QED) is 0.810. The molecular weight excluding hydrogens is 280 g/mol. The zero-order valence-corrected chi connectivity index (χ0v) is 13.0. The first-order chi connectivity index (χ1) is 10.5. The fourth-order valence-corrected chi connectivity index (χ4v) is 2.42. The van der Waals surface area contributed by atoms with E-state index in [-0.39, 0.29) is 23.7 Å². The molecule has 1 aliphatic rings. The molecule has 1 aliphatic carbocycles. The predicted molar refractivity (Wildman–Crippen MR) is 84.9 cm³/mol. The van der Waals surface area contributed by atoms with Crippen molar-refractivity contribution in [3.8, 4) is 0 Å². The molecule has 0 radical (unpaired) electrons. The minimum Gasteiger partial charge on any atom is -0.355 e. The number of carbonyl (C=O) groups is 2. The van der Waals surface area contributed by atoms with Crippen molar-refractivity contribution in [3.63, 3.8) is 0 Å². The first-order valence-electron chi connectivity index (χ1n) is 7.55. The molecule has 0 saturated heterocycles. The van der Waals surface area contributed by atoms with Crippen LogP contribution < -0.4 is 10.6 Å². The Morgan fingerprint density at radius 2 is 2.09 bits per heavy atom. The third-order valence-electron chi connectivity index (χ3n) is 3.97. The van der Waals surface area contributed by atoms with Crippen LogP contribution in [-0.2, 0) is 4.79 Å². The Balaban J connectivity index is 2.08. The molecule has 0 bridgehead atoms. The van der Waals surface area contributed by atoms with Gasteiger partial charge in [-0.1, -0.05) is 13.8 Å². The van der Waals surface area contributed by atoms with E-state index in [0.29, 0.717) is 16.9 Å². The van der Waals surface area contributed by atoms with Crippen LogP contribution in [-0.4, -0.2) is 28.8 Å². The van der Waals surface area contributed by atoms with Gasteiger partial charge in [-0.25, -0.2) is 4.98 Å². The second-order valence-electron chi connectivity index (χ2n) is 6.03. The number of hydrogen-bond acceptors (Lipinski definition) is 3. The smallest absolute Gasteiger partial charge is 0.253 e. The van der Waals surface area contributed by atoms with Crippen molar-refractivity contribution in [2.24, 2.45) is 5.92 Å². The molecule has 3 N–H and O–H groups in total. The van der Waals surface area contributed by atoms with E-state index in [9.17, 15) is 9.59 Å². The number of anilines is 1. The van der Waals surface area contributed by atoms with Crippen LogP contribution in [0, 0.1) is 5.92 Å². The van der Waals surface area contributed by atoms with Crippen molar-refractivity contribution in [2.75, 3.05) is 12.4 Å². The van der Waals surface area contributed by atoms with Gasteiger partial charge in [-0.3, -0.25) is 9.59 Å². The van der Waals surface area contributed by atoms with Crippen LogP contribution in [0.25, 0.3) is 10.9 Å². The van der Waals surface area contributed by atoms with Crippen molar-refractivity contribution in [2.45, 2.75) is 32.6 Å². The number of nitrogens with one attached hydrogen (secondary N) is 3. The minimum atomic E-state index is -0.188. The number of aromatic amines is 1. The maximum atomic E-state index is 12.0. The Bertz CT molecular complexity index is 744. The van der Waals surface area contributed by atoms with Gasteiger partial charge in [-0.15, -0.1) is 0 Å². The Hall–Kier alpha value is -2.37. The van der Waals surface area contributed by atoms with Crippen LogP contribution in [0.15, 0.2) is 12.3 Å². The topological polar surface area (TPSA) is 86.9 Å². The average molecular weight is 300 g/mol. The fourth-order valence-electron chi connectivity index (χ4n) is 2.42. The first-order valence-corrected chi connectivity index (χ1v) is 7.55. The summed E-state index contributed by atoms with van der Waals surface area (Å²) in [6.07, 6.45) is 3.39. The summed E-state index contributed by atoms with van der Waals surface area (Å²) in [5.74, 6) is 0.701. The molecule has 2 amide bonds. The molecule has 6 nitrogen and oxygen atoms in total. The first kappa shape index (κ1) is 14.6. The van der Waals surface area contributed by atoms with E-state index in [1.54, 1.807) is 7.05 Å². The van der Waals surface area contributed by atoms with E-state index < -0.39 is 0 Å². The third-order valence-corrected chi connectivity index (χ3v) is 3.97. The molecule has 2 heterocycles. The number of H-pyrrole nitrogens is 1. The zero-order valence-electron chi connectivity index (χ0n) is 13.0. The lowest BCUT2D eigenvalue weighted by atomic mass is 10.1. The second-order valence-corrected chi connectivity index (χ2v) is 6.03. The highest BCUT2D eigenvalue weighted by Gasteiger charge is 2.30. The lowest BCUT2D eigenvalue weighted by molar-refractivity contribution is -0.117. The molecule has 0 atom stereocenters. The molecule has 0 unspecified atom stereocenters. The van der Waals surface area contributed by atoms with Crippen LogP contribution >= 0.6 is 0 Å². The second kappa shape index (κ2) is 5.44. The monoisotopic (exact) mass is 300 g/mol. The number of pyridine rings is 1. The van der Waals surface area contributed by atoms with E-state index in [2.05, 4.69) is 34.4 Å². The van der Waals surface area contributed by atoms with Crippen LogP contribution in [0.4, 0.5) is 5.82 Å². The highest BCUT2D eigenvalue weighted by Crippen LogP contribution is 2.32. The molecule has 0 spiro atoms. The van der Waals surface area contributed by atoms with Crippen molar-refractivity contribution >= 4 is 28.5 Å². The van der Waals surface area contributed by atoms with Gasteiger partial charge < -0.3 is 15.6 Å². The average Bonchev–Trinajstić information content (AvgIpc) is 3.25. The highest BCUT2D eigenvalue weighted by molar-refractivity contribution is 6.10. The van der Waals surface area contributed by atoms with E-state index in [4.69, 9.17) is 0 Å². The highest BCUT2D eigenvalue weighted by atomic mass is 16.2. The van der Waals surface area contributed by atoms with Gasteiger partial charge in [0.25, 0.3) is 5.91 Å². The van der Waals surface area contributed by atoms with Crippen LogP contribution in [0.1, 0.15) is 48.7 Å². The number of carbonyl (C=O) groups excluding carboxylic acids is 2. The minimum absolute atomic E-state index is 0.00203. The number of nitrogens with zero attached hydrogens (tertiary/aromatic N) is 1. The van der Waals surface area contributed by atoms with E-state index in [1.165, 1.54) is 6.20 Å². The van der Waals surface area contributed by atoms with Crippen molar-refractivity contribution in [1.82, 2.24) is 15.3 Å². The van der Waals surface area contributed by atoms with Crippen LogP contribution in [0.2, 0.25) is 0 Å². The molecule has 6 heteroatoms. The van der Waals surface area contributed by atoms with E-state index in [0.717, 1.165) is 23.9 Å². The van der Waals surface area contributed by atoms with Crippen LogP contribution in [0.5, 0.6) is 0 Å². The Morgan fingerprint density at radius 1 is 1.36 bits per heavy atom. The molecule has 1 fully saturated rings. The molecule has 0 aromatic carbocycles. The number of hydrogen-bond donors (Lipinski definition) is 3. The summed E-state index contributed by atoms with van der Waals surface area (Å²) in [6, 6.07) is 1.96. The van der Waals surface area contributed by atoms with E-state index >= 15 is 0 Å². The largest absolute Gasteiger partial charge is 0.355 e. The van der Waals surface area contributed by atoms with Gasteiger partial charge in [0.2, 0.25) is 5.91 Å². The molecule has 22 heavy (non-hydrogen) atoms. The predicted octanol–water partition coefficient (Wildman–Crippen LogP) is 2.39. The maximum absolute atomic E-state index is 12.0. The zero-order chi connectivity index (χ0) is 15.9. The summed E-state index contributed by atoms with van der Waals surface area (Å²) in [5, 5.41) is 6.27. The van der Waals surface area contributed by atoms with E-state index in [1.807, 2.05) is 6.07 Å². The number of fused-ring (bicyclic) bond motifs is 1. The molecule has 2 aromatic rings. The van der Waals surface area contributed by atoms with Crippen molar-refractivity contribution in [3.05, 3.63) is 23.5 Å². The van der Waals surface area contributed by atoms with Gasteiger partial charge in [0.15, 0.2) is 5.82 Å². The normalized spacial score (nSPS) is 14.4. The standard InChI is InChI=1S/C16H20N4O2/c1-8(2)12-6-10-11(16(22)17-3)7-18-14(13(10)19-12)20-15(21)9-4-5-9/h6-9,19H,4-5H2,1-3H3,(H,17,22)(H,18,20,21). The maximum Gasteiger partial charge on any atom is 0.253 e. The summed E-state index contributed by atoms with van der Waals surface area (Å²) >= 11 is 0. The molecule has 0 aliphatic heterocycles. The SMILES string of the molecule is CNC(=O)c1cnc(NC(=O)C2CC2)c2[nH]c(C(C)C)cc12. The fraction of sp³-hybridized carbons (Fsp3) is 0.438. The number of aromatic nitrogens is 2. The Morgan fingerprint density at radius 3 is 2.68 bits per heavy atom. The summed E-state index contributed by atoms with van der Waals surface area (Å²) < 4.78 is 0. The molecule has 3 rings (SSSR count). The van der Waals surface area contributed by atoms with Gasteiger partial charge in [-0.2, -0.15) is 0 Å². The van der Waals surface area contributed by atoms with Gasteiger partial charge >= 0.3 is 0 Å². The molecule has 1 saturated carbocycles. The van der Waals surface area contributed by atoms with Gasteiger partial charge in [-0.05, 0) is 24.8 Å². The Labute approximate surface area is 128 Å². The number of amides is 2. The molecule has 2 aromatic heterocycles. The van der Waals surface area contributed by atoms with Gasteiger partial charge in [0.05, 0.1) is 11.1 Å².